The maximum absolute atomic E-state index is 6.77. The molecule has 0 aliphatic carbocycles. The molecule has 1 unspecified atom stereocenters. The molecule has 0 nitrogen and oxygen atoms in total. The van der Waals surface area contributed by atoms with Crippen LogP contribution in [0, 0.1) is 18.3 Å². The average molecular weight is 128 g/mol. The first-order chi connectivity index (χ1) is 4.31. The summed E-state index contributed by atoms with van der Waals surface area (Å²) in [5.74, 6) is 2.76. The Morgan fingerprint density at radius 1 is 1.70 bits per heavy atom. The Kier molecular flexibility index (Phi) is 11.2. The van der Waals surface area contributed by atoms with Gasteiger partial charge in [-0.05, 0) is 25.2 Å². The van der Waals surface area contributed by atoms with Gasteiger partial charge in [0.2, 0.25) is 0 Å². The van der Waals surface area contributed by atoms with E-state index in [1.807, 2.05) is 13.0 Å². The Balaban J connectivity index is 0. The van der Waals surface area contributed by atoms with Crippen molar-refractivity contribution in [3.05, 3.63) is 19.1 Å². The van der Waals surface area contributed by atoms with Gasteiger partial charge in [-0.1, -0.05) is 13.0 Å². The van der Waals surface area contributed by atoms with Crippen molar-refractivity contribution in [1.29, 1.82) is 0 Å². The second-order valence-corrected chi connectivity index (χ2v) is 2.26. The second-order valence-electron chi connectivity index (χ2n) is 2.26. The van der Waals surface area contributed by atoms with E-state index in [9.17, 15) is 0 Å². The monoisotopic (exact) mass is 128 g/mol. The second kappa shape index (κ2) is 8.90. The van der Waals surface area contributed by atoms with Crippen molar-refractivity contribution in [1.82, 2.24) is 0 Å². The van der Waals surface area contributed by atoms with Crippen LogP contribution in [0.4, 0.5) is 0 Å². The summed E-state index contributed by atoms with van der Waals surface area (Å²) in [6.07, 6.45) is 11.9. The van der Waals surface area contributed by atoms with Gasteiger partial charge in [-0.25, -0.2) is 0 Å². The maximum Gasteiger partial charge on any atom is 1.00 e. The van der Waals surface area contributed by atoms with Crippen LogP contribution >= 0.6 is 0 Å². The third kappa shape index (κ3) is 7.90. The van der Waals surface area contributed by atoms with Gasteiger partial charge in [-0.15, -0.1) is 6.58 Å². The maximum atomic E-state index is 6.77. The Morgan fingerprint density at radius 2 is 2.30 bits per heavy atom. The van der Waals surface area contributed by atoms with E-state index in [2.05, 4.69) is 12.5 Å². The predicted molar refractivity (Wildman–Crippen MR) is 40.3 cm³/mol. The van der Waals surface area contributed by atoms with Crippen LogP contribution in [-0.2, 0) is 0 Å². The minimum atomic E-state index is 0. The summed E-state index contributed by atoms with van der Waals surface area (Å²) in [5, 5.41) is 0. The summed E-state index contributed by atoms with van der Waals surface area (Å²) in [7, 11) is 0. The summed E-state index contributed by atoms with van der Waals surface area (Å²) < 4.78 is 0. The first kappa shape index (κ1) is 12.6. The first-order valence-corrected chi connectivity index (χ1v) is 3.34. The molecule has 0 aliphatic rings. The van der Waals surface area contributed by atoms with Crippen LogP contribution in [0.5, 0.6) is 0 Å². The van der Waals surface area contributed by atoms with Crippen LogP contribution in [0.3, 0.4) is 0 Å². The molecule has 0 N–H and O–H groups in total. The van der Waals surface area contributed by atoms with Gasteiger partial charge < -0.3 is 12.3 Å². The normalized spacial score (nSPS) is 10.8. The van der Waals surface area contributed by atoms with E-state index in [1.165, 1.54) is 0 Å². The molecule has 1 atom stereocenters. The van der Waals surface area contributed by atoms with E-state index in [1.54, 1.807) is 0 Å². The van der Waals surface area contributed by atoms with Gasteiger partial charge in [0.1, 0.15) is 0 Å². The first-order valence-electron chi connectivity index (χ1n) is 3.34. The van der Waals surface area contributed by atoms with E-state index >= 15 is 0 Å². The van der Waals surface area contributed by atoms with E-state index in [0.717, 1.165) is 19.3 Å². The van der Waals surface area contributed by atoms with Gasteiger partial charge in [0.15, 0.2) is 0 Å². The Bertz CT molecular complexity index is 110. The topological polar surface area (TPSA) is 0 Å². The summed E-state index contributed by atoms with van der Waals surface area (Å²) in [6.45, 7) is 5.63. The van der Waals surface area contributed by atoms with Crippen molar-refractivity contribution >= 4 is 0 Å². The minimum absolute atomic E-state index is 0. The molecule has 0 bridgehead atoms. The van der Waals surface area contributed by atoms with Crippen LogP contribution in [0.2, 0.25) is 0 Å². The Labute approximate surface area is 76.3 Å². The molecular formula is C9H13Li. The Morgan fingerprint density at radius 3 is 2.70 bits per heavy atom. The number of rotatable bonds is 4. The van der Waals surface area contributed by atoms with E-state index in [4.69, 9.17) is 6.42 Å². The largest absolute Gasteiger partial charge is 1.00 e. The van der Waals surface area contributed by atoms with Gasteiger partial charge in [0, 0.05) is 0 Å². The molecule has 50 valence electrons. The van der Waals surface area contributed by atoms with Crippen molar-refractivity contribution < 1.29 is 18.9 Å². The van der Waals surface area contributed by atoms with Crippen molar-refractivity contribution in [3.63, 3.8) is 0 Å². The summed E-state index contributed by atoms with van der Waals surface area (Å²) >= 11 is 0. The summed E-state index contributed by atoms with van der Waals surface area (Å²) in [6, 6.07) is 0. The Hall–Kier alpha value is -0.103. The van der Waals surface area contributed by atoms with Crippen LogP contribution in [0.1, 0.15) is 26.2 Å². The molecule has 1 heteroatoms. The molecule has 0 saturated heterocycles. The fraction of sp³-hybridized carbons (Fsp3) is 0.556. The fourth-order valence-electron chi connectivity index (χ4n) is 0.641. The van der Waals surface area contributed by atoms with Crippen LogP contribution in [-0.4, -0.2) is 0 Å². The molecule has 0 aromatic heterocycles. The van der Waals surface area contributed by atoms with Crippen LogP contribution in [0.15, 0.2) is 12.7 Å². The SMILES string of the molecule is [C-]#CC(C)CCCC=C.[Li+]. The van der Waals surface area contributed by atoms with Gasteiger partial charge in [-0.2, -0.15) is 0 Å². The molecule has 0 heterocycles. The number of hydrogen-bond acceptors (Lipinski definition) is 0. The van der Waals surface area contributed by atoms with Gasteiger partial charge in [0.05, 0.1) is 0 Å². The zero-order chi connectivity index (χ0) is 7.11. The third-order valence-electron chi connectivity index (χ3n) is 1.29. The van der Waals surface area contributed by atoms with E-state index < -0.39 is 0 Å². The van der Waals surface area contributed by atoms with Crippen molar-refractivity contribution in [2.45, 2.75) is 26.2 Å². The molecule has 0 fully saturated rings. The van der Waals surface area contributed by atoms with Crippen molar-refractivity contribution in [3.8, 4) is 5.92 Å². The van der Waals surface area contributed by atoms with Crippen LogP contribution < -0.4 is 18.9 Å². The molecule has 0 saturated carbocycles. The van der Waals surface area contributed by atoms with Gasteiger partial charge in [0.25, 0.3) is 0 Å². The average Bonchev–Trinajstić information content (AvgIpc) is 1.89. The number of hydrogen-bond donors (Lipinski definition) is 0. The van der Waals surface area contributed by atoms with Crippen molar-refractivity contribution in [2.75, 3.05) is 0 Å². The number of allylic oxidation sites excluding steroid dienone is 1. The molecule has 10 heavy (non-hydrogen) atoms. The summed E-state index contributed by atoms with van der Waals surface area (Å²) in [4.78, 5) is 0. The zero-order valence-corrected chi connectivity index (χ0v) is 6.98. The standard InChI is InChI=1S/C9H13.Li/c1-4-6-7-8-9(3)5-2;/h4,9H,1,6-8H2,3H3;/q-1;+1. The molecule has 0 radical (unpaired) electrons. The quantitative estimate of drug-likeness (QED) is 0.158. The molecule has 0 rings (SSSR count). The molecule has 0 aromatic rings. The molecule has 0 amide bonds. The molecule has 0 aromatic carbocycles. The van der Waals surface area contributed by atoms with E-state index in [-0.39, 0.29) is 18.9 Å². The molecule has 0 aliphatic heterocycles. The third-order valence-corrected chi connectivity index (χ3v) is 1.29. The molecule has 0 spiro atoms. The summed E-state index contributed by atoms with van der Waals surface area (Å²) in [5.41, 5.74) is 0. The minimum Gasteiger partial charge on any atom is -0.693 e. The van der Waals surface area contributed by atoms with Crippen LogP contribution in [0.25, 0.3) is 0 Å². The predicted octanol–water partition coefficient (Wildman–Crippen LogP) is -0.427. The smallest absolute Gasteiger partial charge is 0.693 e. The fourth-order valence-corrected chi connectivity index (χ4v) is 0.641. The van der Waals surface area contributed by atoms with Gasteiger partial charge in [-0.3, -0.25) is 0 Å². The zero-order valence-electron chi connectivity index (χ0n) is 6.98. The van der Waals surface area contributed by atoms with Crippen molar-refractivity contribution in [2.24, 2.45) is 5.92 Å². The van der Waals surface area contributed by atoms with E-state index in [0.29, 0.717) is 5.92 Å². The number of unbranched alkanes of at least 4 members (excludes halogenated alkanes) is 1. The molecular weight excluding hydrogens is 115 g/mol. The van der Waals surface area contributed by atoms with Gasteiger partial charge >= 0.3 is 18.9 Å².